The standard InChI is InChI=1S/C22H22N4O3S/c1-4-29-21(27)14(2)30-22-25-24-20(18-13-23-19-8-6-5-7-17(18)19)26(22)15-9-11-16(28-3)12-10-15/h5-14,23H,4H2,1-3H3/t14-/m1/s1. The van der Waals surface area contributed by atoms with Crippen LogP contribution in [0.4, 0.5) is 0 Å². The van der Waals surface area contributed by atoms with Crippen molar-refractivity contribution in [1.29, 1.82) is 0 Å². The van der Waals surface area contributed by atoms with E-state index in [4.69, 9.17) is 9.47 Å². The number of fused-ring (bicyclic) bond motifs is 1. The third-order valence-electron chi connectivity index (χ3n) is 4.69. The number of thioether (sulfide) groups is 1. The highest BCUT2D eigenvalue weighted by Crippen LogP contribution is 2.34. The molecule has 0 radical (unpaired) electrons. The molecule has 1 atom stereocenters. The van der Waals surface area contributed by atoms with Crippen LogP contribution in [0.1, 0.15) is 13.8 Å². The van der Waals surface area contributed by atoms with Gasteiger partial charge in [-0.05, 0) is 44.2 Å². The number of nitrogens with zero attached hydrogens (tertiary/aromatic N) is 3. The van der Waals surface area contributed by atoms with E-state index in [-0.39, 0.29) is 5.97 Å². The zero-order chi connectivity index (χ0) is 21.1. The molecular weight excluding hydrogens is 400 g/mol. The summed E-state index contributed by atoms with van der Waals surface area (Å²) in [5.41, 5.74) is 2.83. The predicted molar refractivity (Wildman–Crippen MR) is 117 cm³/mol. The Morgan fingerprint density at radius 1 is 1.17 bits per heavy atom. The third kappa shape index (κ3) is 3.78. The Hall–Kier alpha value is -3.26. The average Bonchev–Trinajstić information content (AvgIpc) is 3.38. The number of aromatic amines is 1. The van der Waals surface area contributed by atoms with Crippen LogP contribution in [0.3, 0.4) is 0 Å². The Morgan fingerprint density at radius 2 is 1.93 bits per heavy atom. The van der Waals surface area contributed by atoms with Gasteiger partial charge in [-0.15, -0.1) is 10.2 Å². The average molecular weight is 423 g/mol. The molecule has 0 fully saturated rings. The molecule has 4 rings (SSSR count). The van der Waals surface area contributed by atoms with Crippen LogP contribution in [0.2, 0.25) is 0 Å². The van der Waals surface area contributed by atoms with E-state index >= 15 is 0 Å². The van der Waals surface area contributed by atoms with Gasteiger partial charge in [-0.3, -0.25) is 9.36 Å². The van der Waals surface area contributed by atoms with Gasteiger partial charge in [0.05, 0.1) is 13.7 Å². The van der Waals surface area contributed by atoms with E-state index in [0.717, 1.165) is 27.9 Å². The van der Waals surface area contributed by atoms with Crippen molar-refractivity contribution in [2.75, 3.05) is 13.7 Å². The molecule has 30 heavy (non-hydrogen) atoms. The monoisotopic (exact) mass is 422 g/mol. The molecular formula is C22H22N4O3S. The van der Waals surface area contributed by atoms with Crippen molar-refractivity contribution in [3.8, 4) is 22.8 Å². The van der Waals surface area contributed by atoms with Gasteiger partial charge in [0.1, 0.15) is 11.0 Å². The molecule has 154 valence electrons. The van der Waals surface area contributed by atoms with Gasteiger partial charge >= 0.3 is 5.97 Å². The molecule has 0 unspecified atom stereocenters. The van der Waals surface area contributed by atoms with E-state index < -0.39 is 5.25 Å². The lowest BCUT2D eigenvalue weighted by Gasteiger charge is -2.13. The maximum absolute atomic E-state index is 12.2. The number of carbonyl (C=O) groups excluding carboxylic acids is 1. The summed E-state index contributed by atoms with van der Waals surface area (Å²) < 4.78 is 12.4. The quantitative estimate of drug-likeness (QED) is 0.350. The predicted octanol–water partition coefficient (Wildman–Crippen LogP) is 4.47. The second kappa shape index (κ2) is 8.62. The molecule has 2 heterocycles. The number of ether oxygens (including phenoxy) is 2. The van der Waals surface area contributed by atoms with Crippen molar-refractivity contribution in [3.63, 3.8) is 0 Å². The number of carbonyl (C=O) groups is 1. The van der Waals surface area contributed by atoms with Gasteiger partial charge in [0.2, 0.25) is 0 Å². The molecule has 0 bridgehead atoms. The van der Waals surface area contributed by atoms with Gasteiger partial charge < -0.3 is 14.5 Å². The fraction of sp³-hybridized carbons (Fsp3) is 0.227. The number of aromatic nitrogens is 4. The van der Waals surface area contributed by atoms with Gasteiger partial charge in [-0.2, -0.15) is 0 Å². The van der Waals surface area contributed by atoms with Crippen LogP contribution < -0.4 is 4.74 Å². The number of benzene rings is 2. The molecule has 1 N–H and O–H groups in total. The van der Waals surface area contributed by atoms with E-state index in [2.05, 4.69) is 15.2 Å². The summed E-state index contributed by atoms with van der Waals surface area (Å²) in [6, 6.07) is 15.7. The summed E-state index contributed by atoms with van der Waals surface area (Å²) in [6.45, 7) is 3.95. The second-order valence-electron chi connectivity index (χ2n) is 6.60. The lowest BCUT2D eigenvalue weighted by atomic mass is 10.1. The summed E-state index contributed by atoms with van der Waals surface area (Å²) in [7, 11) is 1.63. The molecule has 0 saturated heterocycles. The molecule has 0 amide bonds. The van der Waals surface area contributed by atoms with E-state index in [1.165, 1.54) is 11.8 Å². The third-order valence-corrected chi connectivity index (χ3v) is 5.72. The van der Waals surface area contributed by atoms with Crippen molar-refractivity contribution < 1.29 is 14.3 Å². The molecule has 7 nitrogen and oxygen atoms in total. The lowest BCUT2D eigenvalue weighted by Crippen LogP contribution is -2.17. The smallest absolute Gasteiger partial charge is 0.319 e. The highest BCUT2D eigenvalue weighted by molar-refractivity contribution is 8.00. The SMILES string of the molecule is CCOC(=O)[C@@H](C)Sc1nnc(-c2c[nH]c3ccccc23)n1-c1ccc(OC)cc1. The molecule has 2 aromatic heterocycles. The van der Waals surface area contributed by atoms with E-state index in [1.807, 2.05) is 59.3 Å². The minimum Gasteiger partial charge on any atom is -0.497 e. The first-order valence-corrected chi connectivity index (χ1v) is 10.5. The number of esters is 1. The van der Waals surface area contributed by atoms with E-state index in [9.17, 15) is 4.79 Å². The normalized spacial score (nSPS) is 12.1. The van der Waals surface area contributed by atoms with Crippen LogP contribution >= 0.6 is 11.8 Å². The summed E-state index contributed by atoms with van der Waals surface area (Å²) >= 11 is 1.32. The number of rotatable bonds is 7. The summed E-state index contributed by atoms with van der Waals surface area (Å²) in [6.07, 6.45) is 1.93. The Morgan fingerprint density at radius 3 is 2.67 bits per heavy atom. The van der Waals surface area contributed by atoms with Gasteiger partial charge in [0.15, 0.2) is 11.0 Å². The van der Waals surface area contributed by atoms with Crippen LogP contribution in [0.5, 0.6) is 5.75 Å². The molecule has 0 aliphatic heterocycles. The Labute approximate surface area is 178 Å². The lowest BCUT2D eigenvalue weighted by molar-refractivity contribution is -0.142. The maximum Gasteiger partial charge on any atom is 0.319 e. The molecule has 0 aliphatic carbocycles. The highest BCUT2D eigenvalue weighted by atomic mass is 32.2. The second-order valence-corrected chi connectivity index (χ2v) is 7.91. The van der Waals surface area contributed by atoms with Crippen molar-refractivity contribution in [1.82, 2.24) is 19.7 Å². The van der Waals surface area contributed by atoms with Crippen molar-refractivity contribution in [3.05, 3.63) is 54.7 Å². The molecule has 0 spiro atoms. The number of hydrogen-bond acceptors (Lipinski definition) is 6. The van der Waals surface area contributed by atoms with E-state index in [1.54, 1.807) is 21.0 Å². The highest BCUT2D eigenvalue weighted by Gasteiger charge is 2.23. The van der Waals surface area contributed by atoms with Crippen LogP contribution in [-0.4, -0.2) is 44.7 Å². The van der Waals surface area contributed by atoms with Gasteiger partial charge in [0.25, 0.3) is 0 Å². The van der Waals surface area contributed by atoms with Crippen molar-refractivity contribution >= 4 is 28.6 Å². The minimum atomic E-state index is -0.415. The maximum atomic E-state index is 12.2. The number of methoxy groups -OCH3 is 1. The van der Waals surface area contributed by atoms with Gasteiger partial charge in [0, 0.05) is 28.4 Å². The summed E-state index contributed by atoms with van der Waals surface area (Å²) in [5, 5.41) is 10.1. The van der Waals surface area contributed by atoms with Crippen molar-refractivity contribution in [2.24, 2.45) is 0 Å². The van der Waals surface area contributed by atoms with Gasteiger partial charge in [-0.25, -0.2) is 0 Å². The molecule has 0 aliphatic rings. The first-order chi connectivity index (χ1) is 14.6. The minimum absolute atomic E-state index is 0.277. The number of para-hydroxylation sites is 1. The zero-order valence-corrected chi connectivity index (χ0v) is 17.8. The topological polar surface area (TPSA) is 82.0 Å². The fourth-order valence-corrected chi connectivity index (χ4v) is 4.07. The van der Waals surface area contributed by atoms with Crippen molar-refractivity contribution in [2.45, 2.75) is 24.3 Å². The Bertz CT molecular complexity index is 1170. The van der Waals surface area contributed by atoms with Crippen LogP contribution in [0, 0.1) is 0 Å². The molecule has 0 saturated carbocycles. The summed E-state index contributed by atoms with van der Waals surface area (Å²) in [5.74, 6) is 1.17. The summed E-state index contributed by atoms with van der Waals surface area (Å²) in [4.78, 5) is 15.5. The first-order valence-electron chi connectivity index (χ1n) is 9.62. The molecule has 4 aromatic rings. The first kappa shape index (κ1) is 20.0. The molecule has 2 aromatic carbocycles. The zero-order valence-electron chi connectivity index (χ0n) is 17.0. The Balaban J connectivity index is 1.82. The fourth-order valence-electron chi connectivity index (χ4n) is 3.21. The molecule has 8 heteroatoms. The Kier molecular flexibility index (Phi) is 5.76. The van der Waals surface area contributed by atoms with Gasteiger partial charge in [-0.1, -0.05) is 30.0 Å². The number of hydrogen-bond donors (Lipinski definition) is 1. The van der Waals surface area contributed by atoms with Crippen LogP contribution in [0.25, 0.3) is 28.0 Å². The number of H-pyrrole nitrogens is 1. The van der Waals surface area contributed by atoms with Crippen LogP contribution in [0.15, 0.2) is 59.9 Å². The van der Waals surface area contributed by atoms with Crippen LogP contribution in [-0.2, 0) is 9.53 Å². The number of nitrogens with one attached hydrogen (secondary N) is 1. The van der Waals surface area contributed by atoms with E-state index in [0.29, 0.717) is 17.6 Å². The largest absolute Gasteiger partial charge is 0.497 e.